The Balaban J connectivity index is 1.38. The fourth-order valence-corrected chi connectivity index (χ4v) is 3.85. The Morgan fingerprint density at radius 2 is 1.81 bits per heavy atom. The Hall–Kier alpha value is -2.38. The first-order valence-electron chi connectivity index (χ1n) is 8.63. The number of fused-ring (bicyclic) bond motifs is 2. The molecule has 26 heavy (non-hydrogen) atoms. The number of rotatable bonds is 3. The topological polar surface area (TPSA) is 87.6 Å². The molecular formula is C18H19ClN4O3. The van der Waals surface area contributed by atoms with E-state index in [1.165, 1.54) is 0 Å². The van der Waals surface area contributed by atoms with Gasteiger partial charge < -0.3 is 20.1 Å². The summed E-state index contributed by atoms with van der Waals surface area (Å²) in [4.78, 5) is 14.5. The Kier molecular flexibility index (Phi) is 4.65. The van der Waals surface area contributed by atoms with Crippen LogP contribution < -0.4 is 10.1 Å². The van der Waals surface area contributed by atoms with Crippen molar-refractivity contribution in [1.29, 1.82) is 0 Å². The third kappa shape index (κ3) is 3.59. The number of carbonyl (C=O) groups is 1. The fraction of sp³-hybridized carbons (Fsp3) is 0.389. The molecule has 2 atom stereocenters. The summed E-state index contributed by atoms with van der Waals surface area (Å²) in [5.74, 6) is 0.926. The fourth-order valence-electron chi connectivity index (χ4n) is 3.75. The molecule has 2 aliphatic heterocycles. The summed E-state index contributed by atoms with van der Waals surface area (Å²) in [7, 11) is 0. The second kappa shape index (κ2) is 7.09. The smallest absolute Gasteiger partial charge is 0.322 e. The number of benzene rings is 1. The molecule has 136 valence electrons. The van der Waals surface area contributed by atoms with Crippen LogP contribution in [0.3, 0.4) is 0 Å². The predicted molar refractivity (Wildman–Crippen MR) is 96.5 cm³/mol. The molecule has 0 radical (unpaired) electrons. The van der Waals surface area contributed by atoms with Gasteiger partial charge in [0.2, 0.25) is 5.88 Å². The van der Waals surface area contributed by atoms with E-state index < -0.39 is 0 Å². The van der Waals surface area contributed by atoms with Crippen LogP contribution >= 0.6 is 11.6 Å². The molecular weight excluding hydrogens is 356 g/mol. The lowest BCUT2D eigenvalue weighted by atomic mass is 10.0. The number of nitrogens with one attached hydrogen (secondary N) is 1. The first kappa shape index (κ1) is 17.1. The number of urea groups is 1. The van der Waals surface area contributed by atoms with Gasteiger partial charge in [-0.3, -0.25) is 0 Å². The van der Waals surface area contributed by atoms with Gasteiger partial charge in [0.05, 0.1) is 6.10 Å². The zero-order valence-corrected chi connectivity index (χ0v) is 14.8. The number of aliphatic hydroxyl groups is 1. The van der Waals surface area contributed by atoms with E-state index >= 15 is 0 Å². The van der Waals surface area contributed by atoms with Crippen molar-refractivity contribution < 1.29 is 14.6 Å². The maximum atomic E-state index is 12.6. The Labute approximate surface area is 155 Å². The normalized spacial score (nSPS) is 24.4. The van der Waals surface area contributed by atoms with Gasteiger partial charge in [-0.2, -0.15) is 0 Å². The molecule has 2 N–H and O–H groups in total. The number of aliphatic hydroxyl groups excluding tert-OH is 1. The number of aromatic nitrogens is 2. The lowest BCUT2D eigenvalue weighted by molar-refractivity contribution is 0.0580. The number of piperidine rings is 1. The lowest BCUT2D eigenvalue weighted by Gasteiger charge is -2.37. The van der Waals surface area contributed by atoms with Gasteiger partial charge >= 0.3 is 6.03 Å². The van der Waals surface area contributed by atoms with Crippen LogP contribution in [0.2, 0.25) is 5.15 Å². The molecule has 2 saturated heterocycles. The molecule has 7 nitrogen and oxygen atoms in total. The van der Waals surface area contributed by atoms with Crippen molar-refractivity contribution in [1.82, 2.24) is 15.1 Å². The first-order valence-corrected chi connectivity index (χ1v) is 9.01. The van der Waals surface area contributed by atoms with E-state index in [1.807, 2.05) is 4.90 Å². The molecule has 0 unspecified atom stereocenters. The largest absolute Gasteiger partial charge is 0.438 e. The van der Waals surface area contributed by atoms with Crippen molar-refractivity contribution in [3.8, 4) is 11.6 Å². The van der Waals surface area contributed by atoms with Gasteiger partial charge in [0.1, 0.15) is 5.75 Å². The van der Waals surface area contributed by atoms with Crippen molar-refractivity contribution in [2.45, 2.75) is 43.9 Å². The lowest BCUT2D eigenvalue weighted by Crippen LogP contribution is -2.49. The molecule has 8 heteroatoms. The third-order valence-corrected chi connectivity index (χ3v) is 5.08. The second-order valence-corrected chi connectivity index (χ2v) is 7.06. The summed E-state index contributed by atoms with van der Waals surface area (Å²) in [5, 5.41) is 20.6. The van der Waals surface area contributed by atoms with Gasteiger partial charge in [-0.25, -0.2) is 4.79 Å². The Morgan fingerprint density at radius 3 is 2.42 bits per heavy atom. The summed E-state index contributed by atoms with van der Waals surface area (Å²) in [6.07, 6.45) is 2.97. The van der Waals surface area contributed by atoms with Crippen molar-refractivity contribution in [2.75, 3.05) is 5.32 Å². The third-order valence-electron chi connectivity index (χ3n) is 4.88. The number of ether oxygens (including phenoxy) is 1. The van der Waals surface area contributed by atoms with Crippen LogP contribution in [-0.2, 0) is 0 Å². The molecule has 0 spiro atoms. The van der Waals surface area contributed by atoms with E-state index in [-0.39, 0.29) is 24.2 Å². The zero-order chi connectivity index (χ0) is 18.1. The molecule has 2 amide bonds. The van der Waals surface area contributed by atoms with Crippen LogP contribution in [0.15, 0.2) is 36.4 Å². The molecule has 4 rings (SSSR count). The number of halogens is 1. The Morgan fingerprint density at radius 1 is 1.12 bits per heavy atom. The van der Waals surface area contributed by atoms with Gasteiger partial charge in [-0.15, -0.1) is 10.2 Å². The molecule has 2 bridgehead atoms. The number of anilines is 1. The number of nitrogens with zero attached hydrogens (tertiary/aromatic N) is 3. The van der Waals surface area contributed by atoms with Crippen LogP contribution in [-0.4, -0.2) is 44.4 Å². The zero-order valence-electron chi connectivity index (χ0n) is 14.0. The molecule has 2 aliphatic rings. The minimum Gasteiger partial charge on any atom is -0.438 e. The van der Waals surface area contributed by atoms with Gasteiger partial charge in [-0.1, -0.05) is 11.6 Å². The van der Waals surface area contributed by atoms with Crippen molar-refractivity contribution in [3.05, 3.63) is 41.6 Å². The minimum atomic E-state index is -0.288. The van der Waals surface area contributed by atoms with Crippen molar-refractivity contribution >= 4 is 23.3 Å². The van der Waals surface area contributed by atoms with E-state index in [0.717, 1.165) is 12.8 Å². The molecule has 0 saturated carbocycles. The summed E-state index contributed by atoms with van der Waals surface area (Å²) in [5.41, 5.74) is 0.690. The first-order chi connectivity index (χ1) is 12.6. The maximum absolute atomic E-state index is 12.6. The minimum absolute atomic E-state index is 0.110. The average molecular weight is 375 g/mol. The Bertz CT molecular complexity index is 770. The van der Waals surface area contributed by atoms with Crippen LogP contribution in [0.4, 0.5) is 10.5 Å². The molecule has 2 fully saturated rings. The number of hydrogen-bond acceptors (Lipinski definition) is 5. The van der Waals surface area contributed by atoms with Gasteiger partial charge in [0.15, 0.2) is 5.15 Å². The van der Waals surface area contributed by atoms with Crippen molar-refractivity contribution in [3.63, 3.8) is 0 Å². The number of carbonyl (C=O) groups excluding carboxylic acids is 1. The van der Waals surface area contributed by atoms with E-state index in [4.69, 9.17) is 16.3 Å². The highest BCUT2D eigenvalue weighted by Gasteiger charge is 2.42. The second-order valence-electron chi connectivity index (χ2n) is 6.67. The molecule has 3 heterocycles. The van der Waals surface area contributed by atoms with Crippen LogP contribution in [0, 0.1) is 0 Å². The van der Waals surface area contributed by atoms with E-state index in [2.05, 4.69) is 15.5 Å². The standard InChI is InChI=1S/C18H19ClN4O3/c19-16-7-8-17(22-21-16)26-15-5-1-11(2-6-15)20-18(25)23-12-3-4-13(23)10-14(24)9-12/h1-2,5-8,12-14,24H,3-4,9-10H2,(H,20,25)/t12-,13-/m0/s1. The van der Waals surface area contributed by atoms with E-state index in [0.29, 0.717) is 35.3 Å². The van der Waals surface area contributed by atoms with E-state index in [1.54, 1.807) is 36.4 Å². The van der Waals surface area contributed by atoms with Gasteiger partial charge in [-0.05, 0) is 56.0 Å². The van der Waals surface area contributed by atoms with Crippen LogP contribution in [0.25, 0.3) is 0 Å². The average Bonchev–Trinajstić information content (AvgIpc) is 2.90. The monoisotopic (exact) mass is 374 g/mol. The van der Waals surface area contributed by atoms with Gasteiger partial charge in [0.25, 0.3) is 0 Å². The quantitative estimate of drug-likeness (QED) is 0.859. The van der Waals surface area contributed by atoms with Crippen LogP contribution in [0.5, 0.6) is 11.6 Å². The number of hydrogen-bond donors (Lipinski definition) is 2. The van der Waals surface area contributed by atoms with Crippen LogP contribution in [0.1, 0.15) is 25.7 Å². The number of amides is 2. The van der Waals surface area contributed by atoms with Gasteiger partial charge in [0, 0.05) is 23.8 Å². The van der Waals surface area contributed by atoms with Crippen molar-refractivity contribution in [2.24, 2.45) is 0 Å². The summed E-state index contributed by atoms with van der Waals surface area (Å²) < 4.78 is 5.58. The highest BCUT2D eigenvalue weighted by Crippen LogP contribution is 2.36. The molecule has 1 aromatic carbocycles. The maximum Gasteiger partial charge on any atom is 0.322 e. The molecule has 0 aliphatic carbocycles. The molecule has 1 aromatic heterocycles. The summed E-state index contributed by atoms with van der Waals surface area (Å²) in [6.45, 7) is 0. The SMILES string of the molecule is O=C(Nc1ccc(Oc2ccc(Cl)nn2)cc1)N1[C@H]2CC[C@H]1CC(O)C2. The highest BCUT2D eigenvalue weighted by atomic mass is 35.5. The van der Waals surface area contributed by atoms with E-state index in [9.17, 15) is 9.90 Å². The highest BCUT2D eigenvalue weighted by molar-refractivity contribution is 6.29. The predicted octanol–water partition coefficient (Wildman–Crippen LogP) is 3.44. The molecule has 2 aromatic rings. The summed E-state index contributed by atoms with van der Waals surface area (Å²) >= 11 is 5.69. The summed E-state index contributed by atoms with van der Waals surface area (Å²) in [6, 6.07) is 10.4.